The number of fused-ring (bicyclic) bond motifs is 1. The number of hydrogen-bond acceptors (Lipinski definition) is 3. The Morgan fingerprint density at radius 1 is 1.32 bits per heavy atom. The number of rotatable bonds is 3. The van der Waals surface area contributed by atoms with E-state index in [0.717, 1.165) is 5.56 Å². The van der Waals surface area contributed by atoms with Gasteiger partial charge in [0.25, 0.3) is 0 Å². The molecule has 114 valence electrons. The Morgan fingerprint density at radius 2 is 2.00 bits per heavy atom. The lowest BCUT2D eigenvalue weighted by molar-refractivity contribution is -0.659. The average molecular weight is 319 g/mol. The fraction of sp³-hybridized carbons (Fsp3) is 0.267. The molecule has 0 saturated carbocycles. The molecule has 0 aliphatic heterocycles. The number of imidazole rings is 1. The summed E-state index contributed by atoms with van der Waals surface area (Å²) in [6.45, 7) is 0.565. The SMILES string of the molecule is CN(C)c1nn(C)c(=O)c2[nH]c(Cl)[n+](Cc3ccccc3)c12. The van der Waals surface area contributed by atoms with Crippen LogP contribution in [-0.4, -0.2) is 28.9 Å². The van der Waals surface area contributed by atoms with E-state index in [1.54, 1.807) is 7.05 Å². The van der Waals surface area contributed by atoms with E-state index in [1.807, 2.05) is 53.9 Å². The van der Waals surface area contributed by atoms with Crippen LogP contribution in [0.5, 0.6) is 0 Å². The molecule has 0 fully saturated rings. The molecule has 0 saturated heterocycles. The number of aromatic nitrogens is 4. The molecule has 22 heavy (non-hydrogen) atoms. The zero-order valence-electron chi connectivity index (χ0n) is 12.7. The lowest BCUT2D eigenvalue weighted by atomic mass is 10.2. The van der Waals surface area contributed by atoms with Crippen molar-refractivity contribution in [3.8, 4) is 0 Å². The Hall–Kier alpha value is -2.34. The summed E-state index contributed by atoms with van der Waals surface area (Å²) in [5.74, 6) is 0.691. The maximum absolute atomic E-state index is 12.3. The number of benzene rings is 1. The fourth-order valence-electron chi connectivity index (χ4n) is 2.46. The summed E-state index contributed by atoms with van der Waals surface area (Å²) in [4.78, 5) is 17.1. The van der Waals surface area contributed by atoms with Crippen LogP contribution in [0.15, 0.2) is 35.1 Å². The molecule has 7 heteroatoms. The highest BCUT2D eigenvalue weighted by Gasteiger charge is 2.26. The summed E-state index contributed by atoms with van der Waals surface area (Å²) in [5, 5.41) is 4.76. The first-order chi connectivity index (χ1) is 10.5. The molecule has 0 aliphatic rings. The van der Waals surface area contributed by atoms with E-state index in [-0.39, 0.29) is 5.56 Å². The molecule has 1 N–H and O–H groups in total. The van der Waals surface area contributed by atoms with Crippen LogP contribution in [-0.2, 0) is 13.6 Å². The van der Waals surface area contributed by atoms with E-state index in [9.17, 15) is 4.79 Å². The molecule has 2 aromatic heterocycles. The van der Waals surface area contributed by atoms with Crippen molar-refractivity contribution < 1.29 is 4.57 Å². The Labute approximate surface area is 132 Å². The quantitative estimate of drug-likeness (QED) is 0.741. The van der Waals surface area contributed by atoms with Crippen molar-refractivity contribution in [1.29, 1.82) is 0 Å². The van der Waals surface area contributed by atoms with Crippen LogP contribution in [0.2, 0.25) is 5.28 Å². The van der Waals surface area contributed by atoms with Crippen LogP contribution in [0.1, 0.15) is 5.56 Å². The Kier molecular flexibility index (Phi) is 3.62. The molecule has 0 amide bonds. The number of nitrogens with zero attached hydrogens (tertiary/aromatic N) is 4. The highest BCUT2D eigenvalue weighted by Crippen LogP contribution is 2.19. The second kappa shape index (κ2) is 5.46. The minimum absolute atomic E-state index is 0.200. The first kappa shape index (κ1) is 14.6. The molecule has 0 aliphatic carbocycles. The molecule has 0 atom stereocenters. The van der Waals surface area contributed by atoms with Crippen molar-refractivity contribution in [2.24, 2.45) is 7.05 Å². The number of aryl methyl sites for hydroxylation is 1. The number of halogens is 1. The van der Waals surface area contributed by atoms with E-state index in [4.69, 9.17) is 11.6 Å². The van der Waals surface area contributed by atoms with Crippen LogP contribution in [0.3, 0.4) is 0 Å². The summed E-state index contributed by atoms with van der Waals surface area (Å²) >= 11 is 6.33. The van der Waals surface area contributed by atoms with Gasteiger partial charge in [-0.25, -0.2) is 14.2 Å². The Bertz CT molecular complexity index is 882. The monoisotopic (exact) mass is 318 g/mol. The summed E-state index contributed by atoms with van der Waals surface area (Å²) in [7, 11) is 5.41. The molecular formula is C15H17ClN5O+. The van der Waals surface area contributed by atoms with Crippen molar-refractivity contribution in [1.82, 2.24) is 14.8 Å². The Balaban J connectivity index is 2.28. The van der Waals surface area contributed by atoms with Crippen molar-refractivity contribution in [3.05, 3.63) is 51.5 Å². The molecule has 1 aromatic carbocycles. The van der Waals surface area contributed by atoms with Crippen LogP contribution < -0.4 is 15.0 Å². The molecular weight excluding hydrogens is 302 g/mol. The van der Waals surface area contributed by atoms with Crippen LogP contribution in [0.25, 0.3) is 11.0 Å². The van der Waals surface area contributed by atoms with Gasteiger partial charge in [-0.05, 0) is 5.56 Å². The van der Waals surface area contributed by atoms with Gasteiger partial charge in [0.05, 0.1) is 0 Å². The Morgan fingerprint density at radius 3 is 2.64 bits per heavy atom. The zero-order chi connectivity index (χ0) is 15.9. The van der Waals surface area contributed by atoms with Gasteiger partial charge >= 0.3 is 10.8 Å². The zero-order valence-corrected chi connectivity index (χ0v) is 13.4. The predicted molar refractivity (Wildman–Crippen MR) is 86.4 cm³/mol. The first-order valence-corrected chi connectivity index (χ1v) is 7.26. The van der Waals surface area contributed by atoms with Crippen molar-refractivity contribution in [2.75, 3.05) is 19.0 Å². The largest absolute Gasteiger partial charge is 0.358 e. The number of nitrogens with one attached hydrogen (secondary N) is 1. The lowest BCUT2D eigenvalue weighted by Crippen LogP contribution is -2.37. The van der Waals surface area contributed by atoms with Gasteiger partial charge in [0.2, 0.25) is 16.9 Å². The van der Waals surface area contributed by atoms with Gasteiger partial charge in [0.15, 0.2) is 0 Å². The second-order valence-corrected chi connectivity index (χ2v) is 5.72. The first-order valence-electron chi connectivity index (χ1n) is 6.88. The van der Waals surface area contributed by atoms with Crippen molar-refractivity contribution in [2.45, 2.75) is 6.54 Å². The topological polar surface area (TPSA) is 57.8 Å². The normalized spacial score (nSPS) is 11.1. The van der Waals surface area contributed by atoms with Gasteiger partial charge in [0, 0.05) is 32.7 Å². The minimum atomic E-state index is -0.200. The molecule has 3 rings (SSSR count). The minimum Gasteiger partial charge on any atom is -0.358 e. The fourth-order valence-corrected chi connectivity index (χ4v) is 2.70. The van der Waals surface area contributed by atoms with E-state index >= 15 is 0 Å². The third-order valence-corrected chi connectivity index (χ3v) is 3.84. The van der Waals surface area contributed by atoms with E-state index < -0.39 is 0 Å². The molecule has 0 bridgehead atoms. The van der Waals surface area contributed by atoms with Gasteiger partial charge in [0.1, 0.15) is 6.54 Å². The predicted octanol–water partition coefficient (Wildman–Crippen LogP) is 1.32. The molecule has 3 aromatic rings. The second-order valence-electron chi connectivity index (χ2n) is 5.36. The van der Waals surface area contributed by atoms with Gasteiger partial charge in [-0.15, -0.1) is 5.10 Å². The summed E-state index contributed by atoms with van der Waals surface area (Å²) < 4.78 is 3.19. The highest BCUT2D eigenvalue weighted by molar-refractivity contribution is 6.28. The molecule has 6 nitrogen and oxygen atoms in total. The smallest absolute Gasteiger partial charge is 0.354 e. The lowest BCUT2D eigenvalue weighted by Gasteiger charge is -2.12. The number of H-pyrrole nitrogens is 1. The van der Waals surface area contributed by atoms with Crippen molar-refractivity contribution >= 4 is 28.5 Å². The highest BCUT2D eigenvalue weighted by atomic mass is 35.5. The number of hydrogen-bond donors (Lipinski definition) is 1. The van der Waals surface area contributed by atoms with E-state index in [0.29, 0.717) is 28.7 Å². The van der Waals surface area contributed by atoms with Crippen LogP contribution >= 0.6 is 11.6 Å². The summed E-state index contributed by atoms with van der Waals surface area (Å²) in [6.07, 6.45) is 0. The maximum Gasteiger partial charge on any atom is 0.354 e. The summed E-state index contributed by atoms with van der Waals surface area (Å²) in [6, 6.07) is 9.96. The molecule has 0 radical (unpaired) electrons. The molecule has 2 heterocycles. The van der Waals surface area contributed by atoms with Crippen LogP contribution in [0.4, 0.5) is 5.82 Å². The van der Waals surface area contributed by atoms with Gasteiger partial charge in [-0.2, -0.15) is 0 Å². The number of aromatic amines is 1. The van der Waals surface area contributed by atoms with Gasteiger partial charge in [-0.3, -0.25) is 4.79 Å². The molecule has 0 spiro atoms. The third-order valence-electron chi connectivity index (χ3n) is 3.54. The van der Waals surface area contributed by atoms with Gasteiger partial charge < -0.3 is 4.90 Å². The maximum atomic E-state index is 12.3. The van der Waals surface area contributed by atoms with Crippen molar-refractivity contribution in [3.63, 3.8) is 0 Å². The van der Waals surface area contributed by atoms with E-state index in [2.05, 4.69) is 10.1 Å². The summed E-state index contributed by atoms with van der Waals surface area (Å²) in [5.41, 5.74) is 2.07. The standard InChI is InChI=1S/C15H16ClN5O/c1-19(2)13-12-11(14(22)20(3)18-13)17-15(16)21(12)9-10-7-5-4-6-8-10/h4-8H,9H2,1-3H3/p+1. The molecule has 0 unspecified atom stereocenters. The average Bonchev–Trinajstić information content (AvgIpc) is 2.81. The van der Waals surface area contributed by atoms with E-state index in [1.165, 1.54) is 4.68 Å². The van der Waals surface area contributed by atoms with Gasteiger partial charge in [-0.1, -0.05) is 30.3 Å². The van der Waals surface area contributed by atoms with Crippen LogP contribution in [0, 0.1) is 0 Å². The number of anilines is 1. The third kappa shape index (κ3) is 2.35.